The molecule has 1 aromatic heterocycles. The first-order valence-corrected chi connectivity index (χ1v) is 7.55. The molecule has 0 unspecified atom stereocenters. The molecule has 1 saturated heterocycles. The van der Waals surface area contributed by atoms with Crippen LogP contribution in [-0.4, -0.2) is 40.1 Å². The lowest BCUT2D eigenvalue weighted by molar-refractivity contribution is -0.155. The highest BCUT2D eigenvalue weighted by Gasteiger charge is 2.56. The number of carbonyl (C=O) groups is 3. The number of carbonyl (C=O) groups excluding carboxylic acids is 3. The molecular weight excluding hydrogens is 308 g/mol. The van der Waals surface area contributed by atoms with Gasteiger partial charge in [-0.05, 0) is 18.2 Å². The highest BCUT2D eigenvalue weighted by Crippen LogP contribution is 2.41. The molecule has 0 aliphatic carbocycles. The second-order valence-corrected chi connectivity index (χ2v) is 5.75. The third-order valence-corrected chi connectivity index (χ3v) is 4.49. The predicted octanol–water partition coefficient (Wildman–Crippen LogP) is 2.01. The van der Waals surface area contributed by atoms with E-state index in [1.54, 1.807) is 41.3 Å². The molecule has 2 aliphatic rings. The SMILES string of the molecule is C=CCN1C(=O)[C@@H](N2C(=O)c3ccccc3C2=O)[C@H]1c1ccoc1. The van der Waals surface area contributed by atoms with Gasteiger partial charge < -0.3 is 9.32 Å². The standard InChI is InChI=1S/C18H14N2O4/c1-2-8-19-14(11-7-9-24-10-11)15(18(19)23)20-16(21)12-5-3-4-6-13(12)17(20)22/h2-7,9-10,14-15H,1,8H2/t14-,15+/m1/s1. The molecule has 0 radical (unpaired) electrons. The molecule has 6 heteroatoms. The second kappa shape index (κ2) is 5.19. The van der Waals surface area contributed by atoms with Crippen molar-refractivity contribution in [1.82, 2.24) is 9.80 Å². The summed E-state index contributed by atoms with van der Waals surface area (Å²) in [7, 11) is 0. The van der Waals surface area contributed by atoms with Gasteiger partial charge in [0.05, 0.1) is 29.7 Å². The van der Waals surface area contributed by atoms with Crippen LogP contribution in [-0.2, 0) is 4.79 Å². The molecule has 1 fully saturated rings. The Bertz CT molecular complexity index is 821. The number of β-lactam (4-membered cyclic amide) rings is 1. The lowest BCUT2D eigenvalue weighted by Crippen LogP contribution is -2.66. The van der Waals surface area contributed by atoms with Crippen LogP contribution in [0.15, 0.2) is 59.9 Å². The molecule has 1 aromatic carbocycles. The van der Waals surface area contributed by atoms with Crippen molar-refractivity contribution < 1.29 is 18.8 Å². The molecule has 2 aromatic rings. The summed E-state index contributed by atoms with van der Waals surface area (Å²) in [6.07, 6.45) is 4.64. The van der Waals surface area contributed by atoms with Gasteiger partial charge in [-0.3, -0.25) is 19.3 Å². The first-order chi connectivity index (χ1) is 11.6. The third-order valence-electron chi connectivity index (χ3n) is 4.49. The number of furan rings is 1. The van der Waals surface area contributed by atoms with E-state index in [2.05, 4.69) is 6.58 Å². The third kappa shape index (κ3) is 1.79. The summed E-state index contributed by atoms with van der Waals surface area (Å²) in [5.74, 6) is -1.13. The number of fused-ring (bicyclic) bond motifs is 1. The summed E-state index contributed by atoms with van der Waals surface area (Å²) >= 11 is 0. The molecule has 0 bridgehead atoms. The van der Waals surface area contributed by atoms with Gasteiger partial charge in [0.15, 0.2) is 0 Å². The first-order valence-electron chi connectivity index (χ1n) is 7.55. The van der Waals surface area contributed by atoms with E-state index in [1.165, 1.54) is 12.5 Å². The fourth-order valence-electron chi connectivity index (χ4n) is 3.39. The molecule has 24 heavy (non-hydrogen) atoms. The van der Waals surface area contributed by atoms with Crippen molar-refractivity contribution >= 4 is 17.7 Å². The van der Waals surface area contributed by atoms with Crippen LogP contribution in [0.5, 0.6) is 0 Å². The Morgan fingerprint density at radius 2 is 1.71 bits per heavy atom. The number of rotatable bonds is 4. The summed E-state index contributed by atoms with van der Waals surface area (Å²) < 4.78 is 5.11. The van der Waals surface area contributed by atoms with Gasteiger partial charge >= 0.3 is 0 Å². The lowest BCUT2D eigenvalue weighted by Gasteiger charge is -2.49. The lowest BCUT2D eigenvalue weighted by atomic mass is 9.88. The van der Waals surface area contributed by atoms with Crippen molar-refractivity contribution in [3.8, 4) is 0 Å². The molecule has 4 rings (SSSR count). The van der Waals surface area contributed by atoms with Crippen LogP contribution < -0.4 is 0 Å². The van der Waals surface area contributed by atoms with Crippen molar-refractivity contribution in [2.24, 2.45) is 0 Å². The quantitative estimate of drug-likeness (QED) is 0.490. The zero-order valence-electron chi connectivity index (χ0n) is 12.7. The molecule has 6 nitrogen and oxygen atoms in total. The maximum atomic E-state index is 12.7. The van der Waals surface area contributed by atoms with Gasteiger partial charge in [-0.25, -0.2) is 0 Å². The Kier molecular flexibility index (Phi) is 3.13. The van der Waals surface area contributed by atoms with Crippen molar-refractivity contribution in [3.05, 3.63) is 72.2 Å². The van der Waals surface area contributed by atoms with E-state index < -0.39 is 23.9 Å². The average molecular weight is 322 g/mol. The molecular formula is C18H14N2O4. The van der Waals surface area contributed by atoms with Gasteiger partial charge in [0.25, 0.3) is 11.8 Å². The number of imide groups is 1. The number of amides is 3. The topological polar surface area (TPSA) is 70.8 Å². The molecule has 3 amide bonds. The Hall–Kier alpha value is -3.15. The number of benzene rings is 1. The van der Waals surface area contributed by atoms with Crippen LogP contribution in [0, 0.1) is 0 Å². The molecule has 0 spiro atoms. The molecule has 120 valence electrons. The second-order valence-electron chi connectivity index (χ2n) is 5.75. The summed E-state index contributed by atoms with van der Waals surface area (Å²) in [6.45, 7) is 3.99. The van der Waals surface area contributed by atoms with Gasteiger partial charge in [-0.15, -0.1) is 6.58 Å². The van der Waals surface area contributed by atoms with Gasteiger partial charge in [-0.2, -0.15) is 0 Å². The van der Waals surface area contributed by atoms with Crippen molar-refractivity contribution in [2.45, 2.75) is 12.1 Å². The van der Waals surface area contributed by atoms with Crippen LogP contribution in [0.1, 0.15) is 32.3 Å². The summed E-state index contributed by atoms with van der Waals surface area (Å²) in [4.78, 5) is 40.6. The first kappa shape index (κ1) is 14.4. The predicted molar refractivity (Wildman–Crippen MR) is 84.1 cm³/mol. The fourth-order valence-corrected chi connectivity index (χ4v) is 3.39. The Balaban J connectivity index is 1.73. The molecule has 2 aliphatic heterocycles. The summed E-state index contributed by atoms with van der Waals surface area (Å²) in [6, 6.07) is 7.08. The summed E-state index contributed by atoms with van der Waals surface area (Å²) in [5.41, 5.74) is 1.42. The van der Waals surface area contributed by atoms with E-state index in [-0.39, 0.29) is 5.91 Å². The number of likely N-dealkylation sites (tertiary alicyclic amines) is 1. The average Bonchev–Trinajstić information content (AvgIpc) is 3.20. The van der Waals surface area contributed by atoms with Crippen molar-refractivity contribution in [3.63, 3.8) is 0 Å². The molecule has 0 N–H and O–H groups in total. The van der Waals surface area contributed by atoms with Crippen LogP contribution >= 0.6 is 0 Å². The largest absolute Gasteiger partial charge is 0.472 e. The van der Waals surface area contributed by atoms with E-state index in [0.29, 0.717) is 17.7 Å². The van der Waals surface area contributed by atoms with E-state index in [1.807, 2.05) is 0 Å². The van der Waals surface area contributed by atoms with Crippen molar-refractivity contribution in [2.75, 3.05) is 6.54 Å². The van der Waals surface area contributed by atoms with Gasteiger partial charge in [0.2, 0.25) is 5.91 Å². The van der Waals surface area contributed by atoms with Crippen LogP contribution in [0.2, 0.25) is 0 Å². The zero-order chi connectivity index (χ0) is 16.8. The van der Waals surface area contributed by atoms with Crippen LogP contribution in [0.25, 0.3) is 0 Å². The number of hydrogen-bond donors (Lipinski definition) is 0. The highest BCUT2D eigenvalue weighted by molar-refractivity contribution is 6.23. The number of hydrogen-bond acceptors (Lipinski definition) is 4. The smallest absolute Gasteiger partial charge is 0.262 e. The maximum Gasteiger partial charge on any atom is 0.262 e. The Labute approximate surface area is 138 Å². The maximum absolute atomic E-state index is 12.7. The molecule has 3 heterocycles. The van der Waals surface area contributed by atoms with Gasteiger partial charge in [0.1, 0.15) is 6.04 Å². The Morgan fingerprint density at radius 1 is 1.04 bits per heavy atom. The molecule has 2 atom stereocenters. The number of nitrogens with zero attached hydrogens (tertiary/aromatic N) is 2. The van der Waals surface area contributed by atoms with E-state index in [9.17, 15) is 14.4 Å². The minimum absolute atomic E-state index is 0.268. The van der Waals surface area contributed by atoms with Crippen LogP contribution in [0.4, 0.5) is 0 Å². The normalized spacial score (nSPS) is 22.6. The summed E-state index contributed by atoms with van der Waals surface area (Å²) in [5, 5.41) is 0. The minimum Gasteiger partial charge on any atom is -0.472 e. The highest BCUT2D eigenvalue weighted by atomic mass is 16.3. The van der Waals surface area contributed by atoms with Crippen molar-refractivity contribution in [1.29, 1.82) is 0 Å². The molecule has 0 saturated carbocycles. The monoisotopic (exact) mass is 322 g/mol. The fraction of sp³-hybridized carbons (Fsp3) is 0.167. The van der Waals surface area contributed by atoms with E-state index in [0.717, 1.165) is 10.5 Å². The van der Waals surface area contributed by atoms with Crippen LogP contribution in [0.3, 0.4) is 0 Å². The Morgan fingerprint density at radius 3 is 2.25 bits per heavy atom. The van der Waals surface area contributed by atoms with E-state index in [4.69, 9.17) is 4.42 Å². The minimum atomic E-state index is -0.852. The van der Waals surface area contributed by atoms with Gasteiger partial charge in [-0.1, -0.05) is 18.2 Å². The van der Waals surface area contributed by atoms with E-state index >= 15 is 0 Å². The zero-order valence-corrected chi connectivity index (χ0v) is 12.7. The van der Waals surface area contributed by atoms with Gasteiger partial charge in [0, 0.05) is 12.1 Å².